The maximum absolute atomic E-state index is 10.7. The SMILES string of the molecule is O=C(O)C(CCCO[P+](=O)O)(C(=O)O)C(=O)O. The zero-order chi connectivity index (χ0) is 13.6. The first-order chi connectivity index (χ1) is 7.75. The lowest BCUT2D eigenvalue weighted by Crippen LogP contribution is -2.46. The van der Waals surface area contributed by atoms with Gasteiger partial charge >= 0.3 is 26.2 Å². The van der Waals surface area contributed by atoms with Gasteiger partial charge in [0.1, 0.15) is 6.61 Å². The Bertz CT molecular complexity index is 313. The van der Waals surface area contributed by atoms with Crippen molar-refractivity contribution in [2.45, 2.75) is 12.8 Å². The van der Waals surface area contributed by atoms with Gasteiger partial charge in [0.15, 0.2) is 0 Å². The van der Waals surface area contributed by atoms with Crippen molar-refractivity contribution in [1.29, 1.82) is 0 Å². The molecule has 0 saturated heterocycles. The molecule has 9 nitrogen and oxygen atoms in total. The molecule has 0 heterocycles. The molecular formula is C7H10O9P+. The van der Waals surface area contributed by atoms with Gasteiger partial charge in [-0.25, -0.2) is 0 Å². The van der Waals surface area contributed by atoms with Crippen molar-refractivity contribution >= 4 is 26.2 Å². The van der Waals surface area contributed by atoms with Gasteiger partial charge < -0.3 is 15.3 Å². The van der Waals surface area contributed by atoms with E-state index in [9.17, 15) is 18.9 Å². The highest BCUT2D eigenvalue weighted by Gasteiger charge is 2.54. The van der Waals surface area contributed by atoms with E-state index in [-0.39, 0.29) is 6.42 Å². The Hall–Kier alpha value is -1.57. The molecule has 0 rings (SSSR count). The summed E-state index contributed by atoms with van der Waals surface area (Å²) in [6.07, 6.45) is -1.05. The fourth-order valence-electron chi connectivity index (χ4n) is 1.08. The van der Waals surface area contributed by atoms with Gasteiger partial charge in [0, 0.05) is 4.57 Å². The van der Waals surface area contributed by atoms with E-state index in [0.29, 0.717) is 0 Å². The van der Waals surface area contributed by atoms with Gasteiger partial charge in [-0.05, 0) is 12.8 Å². The summed E-state index contributed by atoms with van der Waals surface area (Å²) in [6, 6.07) is 0. The Morgan fingerprint density at radius 3 is 1.76 bits per heavy atom. The van der Waals surface area contributed by atoms with Gasteiger partial charge in [0.05, 0.1) is 0 Å². The molecule has 0 fully saturated rings. The van der Waals surface area contributed by atoms with Gasteiger partial charge in [-0.15, -0.1) is 9.42 Å². The lowest BCUT2D eigenvalue weighted by atomic mass is 9.83. The zero-order valence-electron chi connectivity index (χ0n) is 8.40. The molecule has 0 aliphatic heterocycles. The van der Waals surface area contributed by atoms with Crippen LogP contribution in [0.2, 0.25) is 0 Å². The highest BCUT2D eigenvalue weighted by Crippen LogP contribution is 2.26. The molecule has 1 atom stereocenters. The molecule has 10 heteroatoms. The molecule has 1 unspecified atom stereocenters. The van der Waals surface area contributed by atoms with Crippen LogP contribution < -0.4 is 0 Å². The minimum atomic E-state index is -2.97. The van der Waals surface area contributed by atoms with Crippen molar-refractivity contribution in [3.05, 3.63) is 0 Å². The first kappa shape index (κ1) is 15.4. The zero-order valence-corrected chi connectivity index (χ0v) is 9.29. The lowest BCUT2D eigenvalue weighted by molar-refractivity contribution is -0.176. The third-order valence-electron chi connectivity index (χ3n) is 1.99. The van der Waals surface area contributed by atoms with Crippen LogP contribution in [0, 0.1) is 5.41 Å². The van der Waals surface area contributed by atoms with E-state index in [2.05, 4.69) is 4.52 Å². The van der Waals surface area contributed by atoms with E-state index >= 15 is 0 Å². The van der Waals surface area contributed by atoms with Gasteiger partial charge in [0.25, 0.3) is 5.41 Å². The van der Waals surface area contributed by atoms with Gasteiger partial charge in [-0.3, -0.25) is 14.4 Å². The van der Waals surface area contributed by atoms with Crippen molar-refractivity contribution in [2.24, 2.45) is 5.41 Å². The van der Waals surface area contributed by atoms with Gasteiger partial charge in [-0.1, -0.05) is 0 Å². The van der Waals surface area contributed by atoms with Crippen molar-refractivity contribution < 1.29 is 43.7 Å². The number of aliphatic carboxylic acids is 3. The molecule has 0 aromatic rings. The highest BCUT2D eigenvalue weighted by atomic mass is 31.1. The molecule has 0 amide bonds. The third-order valence-corrected chi connectivity index (χ3v) is 2.40. The number of carboxylic acids is 3. The van der Waals surface area contributed by atoms with Crippen molar-refractivity contribution in [2.75, 3.05) is 6.61 Å². The van der Waals surface area contributed by atoms with Crippen LogP contribution in [0.15, 0.2) is 0 Å². The van der Waals surface area contributed by atoms with Crippen LogP contribution in [0.4, 0.5) is 0 Å². The van der Waals surface area contributed by atoms with E-state index < -0.39 is 44.6 Å². The van der Waals surface area contributed by atoms with Crippen LogP contribution in [-0.2, 0) is 23.5 Å². The minimum absolute atomic E-state index is 0.299. The summed E-state index contributed by atoms with van der Waals surface area (Å²) in [5, 5.41) is 26.0. The number of carbonyl (C=O) groups is 3. The van der Waals surface area contributed by atoms with Crippen LogP contribution >= 0.6 is 8.25 Å². The van der Waals surface area contributed by atoms with Crippen molar-refractivity contribution in [3.63, 3.8) is 0 Å². The van der Waals surface area contributed by atoms with Crippen LogP contribution in [0.3, 0.4) is 0 Å². The summed E-state index contributed by atoms with van der Waals surface area (Å²) in [5.41, 5.74) is -2.97. The van der Waals surface area contributed by atoms with E-state index in [1.807, 2.05) is 0 Å². The lowest BCUT2D eigenvalue weighted by Gasteiger charge is -2.18. The first-order valence-corrected chi connectivity index (χ1v) is 5.37. The second-order valence-corrected chi connectivity index (χ2v) is 3.73. The molecule has 0 aliphatic carbocycles. The summed E-state index contributed by atoms with van der Waals surface area (Å²) in [4.78, 5) is 40.4. The topological polar surface area (TPSA) is 158 Å². The molecule has 0 aromatic heterocycles. The monoisotopic (exact) mass is 269 g/mol. The predicted molar refractivity (Wildman–Crippen MR) is 50.4 cm³/mol. The predicted octanol–water partition coefficient (Wildman–Crippen LogP) is -0.327. The van der Waals surface area contributed by atoms with E-state index in [1.54, 1.807) is 0 Å². The Morgan fingerprint density at radius 2 is 1.47 bits per heavy atom. The fraction of sp³-hybridized carbons (Fsp3) is 0.571. The molecule has 0 spiro atoms. The molecule has 4 N–H and O–H groups in total. The molecule has 0 aliphatic rings. The Morgan fingerprint density at radius 1 is 1.06 bits per heavy atom. The summed E-state index contributed by atoms with van der Waals surface area (Å²) >= 11 is 0. The van der Waals surface area contributed by atoms with Crippen LogP contribution in [-0.4, -0.2) is 44.7 Å². The second-order valence-electron chi connectivity index (χ2n) is 3.00. The van der Waals surface area contributed by atoms with Crippen molar-refractivity contribution in [1.82, 2.24) is 0 Å². The van der Waals surface area contributed by atoms with Crippen LogP contribution in [0.1, 0.15) is 12.8 Å². The average molecular weight is 269 g/mol. The van der Waals surface area contributed by atoms with Gasteiger partial charge in [-0.2, -0.15) is 0 Å². The highest BCUT2D eigenvalue weighted by molar-refractivity contribution is 7.32. The summed E-state index contributed by atoms with van der Waals surface area (Å²) < 4.78 is 14.3. The largest absolute Gasteiger partial charge is 0.694 e. The van der Waals surface area contributed by atoms with E-state index in [4.69, 9.17) is 20.2 Å². The molecule has 0 saturated carbocycles. The molecule has 0 bridgehead atoms. The smallest absolute Gasteiger partial charge is 0.480 e. The standard InChI is InChI=1S/C7H9O9P/c8-4(9)7(5(10)11,6(12)13)2-1-3-16-17(14)15/h1-3H2,(H3-,8,9,10,11,12,13,14,15)/p+1. The van der Waals surface area contributed by atoms with Crippen LogP contribution in [0.25, 0.3) is 0 Å². The minimum Gasteiger partial charge on any atom is -0.480 e. The second kappa shape index (κ2) is 6.24. The number of hydrogen-bond donors (Lipinski definition) is 4. The summed E-state index contributed by atoms with van der Waals surface area (Å²) in [7, 11) is -2.89. The van der Waals surface area contributed by atoms with Crippen LogP contribution in [0.5, 0.6) is 0 Å². The fourth-order valence-corrected chi connectivity index (χ4v) is 1.36. The number of hydrogen-bond acceptors (Lipinski definition) is 5. The summed E-state index contributed by atoms with van der Waals surface area (Å²) in [5.74, 6) is -6.03. The maximum Gasteiger partial charge on any atom is 0.694 e. The average Bonchev–Trinajstić information content (AvgIpc) is 2.15. The molecule has 17 heavy (non-hydrogen) atoms. The quantitative estimate of drug-likeness (QED) is 0.263. The van der Waals surface area contributed by atoms with Gasteiger partial charge in [0.2, 0.25) is 0 Å². The van der Waals surface area contributed by atoms with Crippen molar-refractivity contribution in [3.8, 4) is 0 Å². The first-order valence-electron chi connectivity index (χ1n) is 4.24. The number of carboxylic acid groups (broad SMARTS) is 3. The normalized spacial score (nSPS) is 11.9. The number of rotatable bonds is 8. The Balaban J connectivity index is 4.72. The molecule has 0 radical (unpaired) electrons. The Kier molecular flexibility index (Phi) is 5.66. The molecular weight excluding hydrogens is 259 g/mol. The Labute approximate surface area is 95.6 Å². The summed E-state index contributed by atoms with van der Waals surface area (Å²) in [6.45, 7) is -0.415. The molecule has 0 aromatic carbocycles. The third kappa shape index (κ3) is 3.74. The van der Waals surface area contributed by atoms with E-state index in [1.165, 1.54) is 0 Å². The molecule has 96 valence electrons. The maximum atomic E-state index is 10.7. The van der Waals surface area contributed by atoms with E-state index in [0.717, 1.165) is 0 Å².